The zero-order chi connectivity index (χ0) is 16.7. The molecule has 1 saturated heterocycles. The van der Waals surface area contributed by atoms with E-state index in [0.29, 0.717) is 23.7 Å². The monoisotopic (exact) mass is 331 g/mol. The van der Waals surface area contributed by atoms with Gasteiger partial charge in [0, 0.05) is 39.0 Å². The van der Waals surface area contributed by atoms with Crippen molar-refractivity contribution in [1.29, 1.82) is 0 Å². The number of aryl methyl sites for hydroxylation is 1. The molecule has 2 fully saturated rings. The Kier molecular flexibility index (Phi) is 4.09. The summed E-state index contributed by atoms with van der Waals surface area (Å²) < 4.78 is 7.67. The Bertz CT molecular complexity index is 705. The Morgan fingerprint density at radius 2 is 2.00 bits per heavy atom. The Morgan fingerprint density at radius 1 is 1.17 bits per heavy atom. The van der Waals surface area contributed by atoms with E-state index < -0.39 is 0 Å². The summed E-state index contributed by atoms with van der Waals surface area (Å²) in [5.41, 5.74) is 0. The minimum atomic E-state index is 0.523. The zero-order valence-corrected chi connectivity index (χ0v) is 14.6. The van der Waals surface area contributed by atoms with Crippen LogP contribution in [0.5, 0.6) is 0 Å². The molecule has 130 valence electrons. The third-order valence-electron chi connectivity index (χ3n) is 5.13. The van der Waals surface area contributed by atoms with Crippen LogP contribution < -0.4 is 0 Å². The first-order valence-electron chi connectivity index (χ1n) is 8.70. The summed E-state index contributed by atoms with van der Waals surface area (Å²) in [6, 6.07) is 0.523. The van der Waals surface area contributed by atoms with Crippen LogP contribution in [-0.2, 0) is 20.1 Å². The van der Waals surface area contributed by atoms with Crippen molar-refractivity contribution in [1.82, 2.24) is 34.8 Å². The quantitative estimate of drug-likeness (QED) is 0.784. The highest BCUT2D eigenvalue weighted by Crippen LogP contribution is 2.38. The highest BCUT2D eigenvalue weighted by molar-refractivity contribution is 5.07. The van der Waals surface area contributed by atoms with Crippen molar-refractivity contribution in [2.75, 3.05) is 20.1 Å². The average Bonchev–Trinajstić information content (AvgIpc) is 2.96. The van der Waals surface area contributed by atoms with Crippen LogP contribution in [0.3, 0.4) is 0 Å². The van der Waals surface area contributed by atoms with Crippen LogP contribution in [0.1, 0.15) is 48.6 Å². The Labute approximate surface area is 141 Å². The molecular weight excluding hydrogens is 306 g/mol. The van der Waals surface area contributed by atoms with E-state index in [1.165, 1.54) is 12.8 Å². The predicted molar refractivity (Wildman–Crippen MR) is 87.2 cm³/mol. The van der Waals surface area contributed by atoms with E-state index >= 15 is 0 Å². The number of aromatic nitrogens is 5. The summed E-state index contributed by atoms with van der Waals surface area (Å²) in [5.74, 6) is 4.19. The smallest absolute Gasteiger partial charge is 0.230 e. The summed E-state index contributed by atoms with van der Waals surface area (Å²) in [6.45, 7) is 5.48. The van der Waals surface area contributed by atoms with Gasteiger partial charge in [0.15, 0.2) is 0 Å². The van der Waals surface area contributed by atoms with Gasteiger partial charge in [-0.2, -0.15) is 0 Å². The fraction of sp³-hybridized carbons (Fsp3) is 0.750. The Balaban J connectivity index is 1.33. The molecule has 2 aromatic heterocycles. The molecule has 0 aromatic carbocycles. The van der Waals surface area contributed by atoms with Crippen molar-refractivity contribution in [2.24, 2.45) is 7.05 Å². The lowest BCUT2D eigenvalue weighted by atomic mass is 10.2. The van der Waals surface area contributed by atoms with E-state index in [1.807, 2.05) is 6.92 Å². The molecule has 2 aromatic rings. The Morgan fingerprint density at radius 3 is 2.71 bits per heavy atom. The van der Waals surface area contributed by atoms with Crippen molar-refractivity contribution in [3.05, 3.63) is 23.4 Å². The maximum atomic E-state index is 5.48. The molecule has 1 aliphatic heterocycles. The van der Waals surface area contributed by atoms with Crippen molar-refractivity contribution < 1.29 is 4.42 Å². The Hall–Kier alpha value is -1.80. The van der Waals surface area contributed by atoms with E-state index in [0.717, 1.165) is 44.2 Å². The van der Waals surface area contributed by atoms with E-state index in [9.17, 15) is 0 Å². The maximum absolute atomic E-state index is 5.48. The van der Waals surface area contributed by atoms with Crippen LogP contribution in [0.25, 0.3) is 0 Å². The summed E-state index contributed by atoms with van der Waals surface area (Å²) in [5, 5.41) is 16.8. The van der Waals surface area contributed by atoms with Crippen molar-refractivity contribution in [3.8, 4) is 0 Å². The fourth-order valence-corrected chi connectivity index (χ4v) is 3.47. The molecule has 1 atom stereocenters. The number of hydrogen-bond donors (Lipinski definition) is 0. The van der Waals surface area contributed by atoms with Gasteiger partial charge in [-0.05, 0) is 26.3 Å². The van der Waals surface area contributed by atoms with Gasteiger partial charge < -0.3 is 8.98 Å². The van der Waals surface area contributed by atoms with Gasteiger partial charge >= 0.3 is 0 Å². The third-order valence-corrected chi connectivity index (χ3v) is 5.13. The zero-order valence-electron chi connectivity index (χ0n) is 14.6. The molecule has 8 heteroatoms. The van der Waals surface area contributed by atoms with Crippen LogP contribution in [0.2, 0.25) is 0 Å². The molecule has 0 N–H and O–H groups in total. The normalized spacial score (nSPS) is 21.9. The first kappa shape index (κ1) is 15.7. The summed E-state index contributed by atoms with van der Waals surface area (Å²) in [6.07, 6.45) is 3.67. The van der Waals surface area contributed by atoms with Crippen LogP contribution in [0.4, 0.5) is 0 Å². The molecule has 0 amide bonds. The van der Waals surface area contributed by atoms with Gasteiger partial charge in [0.25, 0.3) is 0 Å². The standard InChI is InChI=1S/C16H25N7O/c1-11-17-19-15(24-11)10-23-7-6-13(8-23)21(2)9-14-18-20-16(22(14)3)12-4-5-12/h12-13H,4-10H2,1-3H3. The molecule has 1 saturated carbocycles. The lowest BCUT2D eigenvalue weighted by Gasteiger charge is -2.24. The first-order chi connectivity index (χ1) is 11.6. The van der Waals surface area contributed by atoms with E-state index in [1.54, 1.807) is 0 Å². The first-order valence-corrected chi connectivity index (χ1v) is 8.70. The molecule has 1 unspecified atom stereocenters. The second-order valence-electron chi connectivity index (χ2n) is 7.12. The van der Waals surface area contributed by atoms with Gasteiger partial charge in [-0.25, -0.2) is 0 Å². The van der Waals surface area contributed by atoms with E-state index in [4.69, 9.17) is 4.42 Å². The molecule has 0 spiro atoms. The number of hydrogen-bond acceptors (Lipinski definition) is 7. The van der Waals surface area contributed by atoms with Crippen LogP contribution in [0, 0.1) is 6.92 Å². The molecule has 4 rings (SSSR count). The number of likely N-dealkylation sites (N-methyl/N-ethyl adjacent to an activating group) is 1. The van der Waals surface area contributed by atoms with Crippen molar-refractivity contribution >= 4 is 0 Å². The molecule has 3 heterocycles. The minimum Gasteiger partial charge on any atom is -0.424 e. The molecule has 0 bridgehead atoms. The van der Waals surface area contributed by atoms with Gasteiger partial charge in [-0.15, -0.1) is 20.4 Å². The van der Waals surface area contributed by atoms with E-state index in [-0.39, 0.29) is 0 Å². The molecular formula is C16H25N7O. The van der Waals surface area contributed by atoms with Crippen LogP contribution >= 0.6 is 0 Å². The SMILES string of the molecule is Cc1nnc(CN2CCC(N(C)Cc3nnc(C4CC4)n3C)C2)o1. The van der Waals surface area contributed by atoms with Gasteiger partial charge in [-0.1, -0.05) is 0 Å². The molecule has 1 aliphatic carbocycles. The largest absolute Gasteiger partial charge is 0.424 e. The van der Waals surface area contributed by atoms with Crippen molar-refractivity contribution in [3.63, 3.8) is 0 Å². The second kappa shape index (κ2) is 6.25. The van der Waals surface area contributed by atoms with Crippen LogP contribution in [-0.4, -0.2) is 60.9 Å². The highest BCUT2D eigenvalue weighted by Gasteiger charge is 2.31. The topological polar surface area (TPSA) is 76.1 Å². The molecule has 24 heavy (non-hydrogen) atoms. The fourth-order valence-electron chi connectivity index (χ4n) is 3.47. The number of nitrogens with zero attached hydrogens (tertiary/aromatic N) is 7. The van der Waals surface area contributed by atoms with E-state index in [2.05, 4.69) is 48.9 Å². The molecule has 0 radical (unpaired) electrons. The minimum absolute atomic E-state index is 0.523. The molecule has 2 aliphatic rings. The lowest BCUT2D eigenvalue weighted by molar-refractivity contribution is 0.210. The number of likely N-dealkylation sites (tertiary alicyclic amines) is 1. The highest BCUT2D eigenvalue weighted by atomic mass is 16.4. The summed E-state index contributed by atoms with van der Waals surface area (Å²) in [4.78, 5) is 4.76. The van der Waals surface area contributed by atoms with Crippen LogP contribution in [0.15, 0.2) is 4.42 Å². The maximum Gasteiger partial charge on any atom is 0.230 e. The summed E-state index contributed by atoms with van der Waals surface area (Å²) >= 11 is 0. The second-order valence-corrected chi connectivity index (χ2v) is 7.12. The average molecular weight is 331 g/mol. The molecule has 8 nitrogen and oxygen atoms in total. The van der Waals surface area contributed by atoms with Gasteiger partial charge in [0.1, 0.15) is 11.6 Å². The van der Waals surface area contributed by atoms with Gasteiger partial charge in [-0.3, -0.25) is 9.80 Å². The predicted octanol–water partition coefficient (Wildman–Crippen LogP) is 1.09. The third kappa shape index (κ3) is 3.21. The van der Waals surface area contributed by atoms with Crippen molar-refractivity contribution in [2.45, 2.75) is 51.2 Å². The summed E-state index contributed by atoms with van der Waals surface area (Å²) in [7, 11) is 4.27. The number of rotatable bonds is 6. The van der Waals surface area contributed by atoms with Gasteiger partial charge in [0.05, 0.1) is 13.1 Å². The van der Waals surface area contributed by atoms with Gasteiger partial charge in [0.2, 0.25) is 11.8 Å². The lowest BCUT2D eigenvalue weighted by Crippen LogP contribution is -2.34.